The third-order valence-electron chi connectivity index (χ3n) is 5.04. The lowest BCUT2D eigenvalue weighted by Crippen LogP contribution is -2.21. The van der Waals surface area contributed by atoms with E-state index in [0.717, 1.165) is 0 Å². The minimum atomic E-state index is -1.07. The van der Waals surface area contributed by atoms with Crippen molar-refractivity contribution in [3.8, 4) is 5.75 Å². The first-order valence-corrected chi connectivity index (χ1v) is 9.83. The molecule has 0 saturated heterocycles. The van der Waals surface area contributed by atoms with Crippen molar-refractivity contribution < 1.29 is 34.3 Å². The van der Waals surface area contributed by atoms with E-state index in [1.54, 1.807) is 18.2 Å². The number of benzene rings is 1. The molecule has 0 amide bonds. The Morgan fingerprint density at radius 2 is 2.03 bits per heavy atom. The lowest BCUT2D eigenvalue weighted by Gasteiger charge is -2.19. The fourth-order valence-electron chi connectivity index (χ4n) is 3.49. The van der Waals surface area contributed by atoms with Gasteiger partial charge in [0.2, 0.25) is 0 Å². The monoisotopic (exact) mass is 407 g/mol. The molecule has 0 aliphatic heterocycles. The lowest BCUT2D eigenvalue weighted by molar-refractivity contribution is -0.305. The second-order valence-electron chi connectivity index (χ2n) is 7.28. The van der Waals surface area contributed by atoms with E-state index in [1.165, 1.54) is 18.2 Å². The van der Waals surface area contributed by atoms with Gasteiger partial charge in [-0.1, -0.05) is 36.4 Å². The maximum absolute atomic E-state index is 13.5. The molecule has 160 valence electrons. The van der Waals surface area contributed by atoms with Crippen LogP contribution in [-0.4, -0.2) is 46.2 Å². The molecule has 29 heavy (non-hydrogen) atoms. The van der Waals surface area contributed by atoms with Gasteiger partial charge in [-0.25, -0.2) is 4.39 Å². The van der Waals surface area contributed by atoms with Crippen LogP contribution in [0.5, 0.6) is 5.75 Å². The van der Waals surface area contributed by atoms with Gasteiger partial charge in [-0.3, -0.25) is 0 Å². The van der Waals surface area contributed by atoms with Crippen molar-refractivity contribution in [2.75, 3.05) is 6.61 Å². The summed E-state index contributed by atoms with van der Waals surface area (Å²) in [6.45, 7) is -0.133. The number of aliphatic hydroxyl groups is 3. The van der Waals surface area contributed by atoms with Crippen LogP contribution in [0.2, 0.25) is 0 Å². The molecular formula is C22H28FO6-. The van der Waals surface area contributed by atoms with Gasteiger partial charge in [-0.2, -0.15) is 0 Å². The Kier molecular flexibility index (Phi) is 9.31. The molecule has 1 aromatic carbocycles. The van der Waals surface area contributed by atoms with Gasteiger partial charge >= 0.3 is 0 Å². The maximum atomic E-state index is 13.5. The Bertz CT molecular complexity index is 704. The highest BCUT2D eigenvalue weighted by molar-refractivity contribution is 5.64. The van der Waals surface area contributed by atoms with E-state index in [4.69, 9.17) is 4.74 Å². The zero-order valence-electron chi connectivity index (χ0n) is 16.2. The number of allylic oxidation sites excluding steroid dienone is 2. The average molecular weight is 407 g/mol. The molecule has 0 bridgehead atoms. The molecule has 5 atom stereocenters. The topological polar surface area (TPSA) is 110 Å². The molecule has 0 aromatic heterocycles. The summed E-state index contributed by atoms with van der Waals surface area (Å²) < 4.78 is 18.8. The molecule has 1 unspecified atom stereocenters. The smallest absolute Gasteiger partial charge is 0.165 e. The van der Waals surface area contributed by atoms with E-state index in [-0.39, 0.29) is 37.0 Å². The molecule has 0 radical (unpaired) electrons. The molecule has 0 spiro atoms. The second-order valence-corrected chi connectivity index (χ2v) is 7.28. The van der Waals surface area contributed by atoms with E-state index in [2.05, 4.69) is 0 Å². The third kappa shape index (κ3) is 7.61. The summed E-state index contributed by atoms with van der Waals surface area (Å²) in [4.78, 5) is 10.4. The zero-order valence-corrected chi connectivity index (χ0v) is 16.2. The fourth-order valence-corrected chi connectivity index (χ4v) is 3.49. The maximum Gasteiger partial charge on any atom is 0.165 e. The van der Waals surface area contributed by atoms with Gasteiger partial charge in [0.15, 0.2) is 11.6 Å². The lowest BCUT2D eigenvalue weighted by atomic mass is 9.89. The number of aliphatic hydroxyl groups excluding tert-OH is 3. The highest BCUT2D eigenvalue weighted by Gasteiger charge is 2.39. The number of hydrogen-bond acceptors (Lipinski definition) is 6. The molecule has 1 aromatic rings. The first-order valence-electron chi connectivity index (χ1n) is 9.83. The number of aliphatic carboxylic acids is 1. The van der Waals surface area contributed by atoms with Gasteiger partial charge in [-0.15, -0.1) is 0 Å². The predicted octanol–water partition coefficient (Wildman–Crippen LogP) is 1.35. The number of para-hydroxylation sites is 1. The second kappa shape index (κ2) is 11.7. The molecule has 1 aliphatic carbocycles. The fraction of sp³-hybridized carbons (Fsp3) is 0.500. The Morgan fingerprint density at radius 3 is 2.76 bits per heavy atom. The van der Waals surface area contributed by atoms with Crippen LogP contribution in [0.1, 0.15) is 32.1 Å². The van der Waals surface area contributed by atoms with E-state index in [1.807, 2.05) is 12.2 Å². The van der Waals surface area contributed by atoms with E-state index >= 15 is 0 Å². The molecule has 0 heterocycles. The van der Waals surface area contributed by atoms with Crippen LogP contribution in [0.25, 0.3) is 0 Å². The normalized spacial score (nSPS) is 25.7. The number of carboxylic acid groups (broad SMARTS) is 1. The Morgan fingerprint density at radius 1 is 1.28 bits per heavy atom. The van der Waals surface area contributed by atoms with Crippen LogP contribution < -0.4 is 9.84 Å². The molecule has 6 nitrogen and oxygen atoms in total. The van der Waals surface area contributed by atoms with Crippen molar-refractivity contribution in [1.29, 1.82) is 0 Å². The SMILES string of the molecule is O=C([O-])CCC/C=C\CC1[C@@H](/C=C/[C@@H](O)COc2ccccc2F)[C@H](O)C[C@@H]1O. The van der Waals surface area contributed by atoms with Gasteiger partial charge in [0.1, 0.15) is 12.7 Å². The summed E-state index contributed by atoms with van der Waals surface area (Å²) in [7, 11) is 0. The summed E-state index contributed by atoms with van der Waals surface area (Å²) in [5.74, 6) is -2.07. The standard InChI is InChI=1S/C22H29FO6/c23-18-8-5-6-9-21(18)29-14-15(24)11-12-17-16(19(25)13-20(17)26)7-3-1-2-4-10-22(27)28/h1,3,5-6,8-9,11-12,15-17,19-20,24-26H,2,4,7,10,13-14H2,(H,27,28)/p-1/b3-1-,12-11+/t15-,16?,17-,19+,20-/m1/s1. The Balaban J connectivity index is 1.84. The molecule has 1 saturated carbocycles. The largest absolute Gasteiger partial charge is 0.550 e. The number of hydrogen-bond donors (Lipinski definition) is 3. The Hall–Kier alpha value is -2.22. The van der Waals surface area contributed by atoms with Crippen molar-refractivity contribution in [1.82, 2.24) is 0 Å². The number of unbranched alkanes of at least 4 members (excludes halogenated alkanes) is 1. The van der Waals surface area contributed by atoms with Gasteiger partial charge < -0.3 is 30.0 Å². The number of rotatable bonds is 11. The molecule has 7 heteroatoms. The van der Waals surface area contributed by atoms with Gasteiger partial charge in [0.25, 0.3) is 0 Å². The molecular weight excluding hydrogens is 379 g/mol. The van der Waals surface area contributed by atoms with Crippen molar-refractivity contribution in [3.05, 3.63) is 54.4 Å². The summed E-state index contributed by atoms with van der Waals surface area (Å²) in [6.07, 6.45) is 6.40. The Labute approximate surface area is 170 Å². The summed E-state index contributed by atoms with van der Waals surface area (Å²) in [5.41, 5.74) is 0. The minimum Gasteiger partial charge on any atom is -0.550 e. The van der Waals surface area contributed by atoms with Crippen LogP contribution in [-0.2, 0) is 4.79 Å². The summed E-state index contributed by atoms with van der Waals surface area (Å²) in [5, 5.41) is 40.9. The number of carbonyl (C=O) groups is 1. The van der Waals surface area contributed by atoms with Crippen molar-refractivity contribution in [2.24, 2.45) is 11.8 Å². The van der Waals surface area contributed by atoms with Crippen molar-refractivity contribution >= 4 is 5.97 Å². The van der Waals surface area contributed by atoms with E-state index in [0.29, 0.717) is 19.3 Å². The summed E-state index contributed by atoms with van der Waals surface area (Å²) in [6, 6.07) is 5.92. The quantitative estimate of drug-likeness (QED) is 0.377. The first kappa shape index (κ1) is 23.1. The van der Waals surface area contributed by atoms with Gasteiger partial charge in [0, 0.05) is 18.3 Å². The average Bonchev–Trinajstić information content (AvgIpc) is 2.94. The van der Waals surface area contributed by atoms with Crippen molar-refractivity contribution in [3.63, 3.8) is 0 Å². The summed E-state index contributed by atoms with van der Waals surface area (Å²) >= 11 is 0. The van der Waals surface area contributed by atoms with Crippen molar-refractivity contribution in [2.45, 2.75) is 50.4 Å². The van der Waals surface area contributed by atoms with Crippen LogP contribution >= 0.6 is 0 Å². The van der Waals surface area contributed by atoms with Crippen LogP contribution in [0.15, 0.2) is 48.6 Å². The highest BCUT2D eigenvalue weighted by atomic mass is 19.1. The third-order valence-corrected chi connectivity index (χ3v) is 5.04. The zero-order chi connectivity index (χ0) is 21.2. The van der Waals surface area contributed by atoms with E-state index < -0.39 is 30.1 Å². The number of ether oxygens (including phenoxy) is 1. The number of halogens is 1. The molecule has 3 N–H and O–H groups in total. The van der Waals surface area contributed by atoms with Crippen LogP contribution in [0, 0.1) is 17.7 Å². The highest BCUT2D eigenvalue weighted by Crippen LogP contribution is 2.36. The van der Waals surface area contributed by atoms with Gasteiger partial charge in [-0.05, 0) is 43.7 Å². The van der Waals surface area contributed by atoms with Crippen LogP contribution in [0.4, 0.5) is 4.39 Å². The van der Waals surface area contributed by atoms with E-state index in [9.17, 15) is 29.6 Å². The van der Waals surface area contributed by atoms with Crippen LogP contribution in [0.3, 0.4) is 0 Å². The molecule has 2 rings (SSSR count). The predicted molar refractivity (Wildman–Crippen MR) is 103 cm³/mol. The number of carbonyl (C=O) groups excluding carboxylic acids is 1. The van der Waals surface area contributed by atoms with Gasteiger partial charge in [0.05, 0.1) is 12.2 Å². The minimum absolute atomic E-state index is 0.00725. The molecule has 1 fully saturated rings. The number of carboxylic acids is 1. The first-order chi connectivity index (χ1) is 13.9. The molecule has 1 aliphatic rings.